The molecular formula is C21H18ClFN4O4S. The van der Waals surface area contributed by atoms with Gasteiger partial charge < -0.3 is 10.1 Å². The van der Waals surface area contributed by atoms with Gasteiger partial charge in [-0.2, -0.15) is 5.10 Å². The van der Waals surface area contributed by atoms with Crippen molar-refractivity contribution in [1.29, 1.82) is 0 Å². The Balaban J connectivity index is 1.50. The molecule has 2 aromatic heterocycles. The summed E-state index contributed by atoms with van der Waals surface area (Å²) in [4.78, 5) is 36.3. The number of hydrogen-bond donors (Lipinski definition) is 2. The minimum Gasteiger partial charge on any atom is -0.452 e. The van der Waals surface area contributed by atoms with Gasteiger partial charge in [-0.15, -0.1) is 11.3 Å². The summed E-state index contributed by atoms with van der Waals surface area (Å²) in [6.45, 7) is 1.35. The average Bonchev–Trinajstić information content (AvgIpc) is 3.38. The maximum absolute atomic E-state index is 13.1. The normalized spacial score (nSPS) is 10.8. The number of urea groups is 1. The summed E-state index contributed by atoms with van der Waals surface area (Å²) in [5.74, 6) is -1.96. The second kappa shape index (κ2) is 10.7. The molecule has 0 saturated carbocycles. The van der Waals surface area contributed by atoms with Crippen LogP contribution in [-0.2, 0) is 20.9 Å². The number of nitrogens with zero attached hydrogens (tertiary/aromatic N) is 2. The van der Waals surface area contributed by atoms with Crippen LogP contribution in [0.1, 0.15) is 16.1 Å². The van der Waals surface area contributed by atoms with Gasteiger partial charge in [0.05, 0.1) is 17.9 Å². The number of imide groups is 1. The van der Waals surface area contributed by atoms with Crippen LogP contribution in [0.15, 0.2) is 47.9 Å². The number of halogens is 2. The van der Waals surface area contributed by atoms with E-state index in [2.05, 4.69) is 15.7 Å². The van der Waals surface area contributed by atoms with E-state index in [1.807, 2.05) is 17.5 Å². The Morgan fingerprint density at radius 2 is 2.00 bits per heavy atom. The average molecular weight is 477 g/mol. The van der Waals surface area contributed by atoms with E-state index in [0.717, 1.165) is 11.0 Å². The maximum Gasteiger partial charge on any atom is 0.331 e. The van der Waals surface area contributed by atoms with Crippen LogP contribution in [0.25, 0.3) is 11.8 Å². The Morgan fingerprint density at radius 1 is 1.25 bits per heavy atom. The van der Waals surface area contributed by atoms with Crippen molar-refractivity contribution in [3.05, 3.63) is 75.0 Å². The number of amides is 3. The van der Waals surface area contributed by atoms with Crippen LogP contribution < -0.4 is 10.6 Å². The minimum atomic E-state index is -0.802. The van der Waals surface area contributed by atoms with E-state index in [4.69, 9.17) is 16.3 Å². The summed E-state index contributed by atoms with van der Waals surface area (Å²) in [6, 6.07) is 8.60. The number of thiophene rings is 1. The van der Waals surface area contributed by atoms with Crippen LogP contribution in [-0.4, -0.2) is 34.3 Å². The van der Waals surface area contributed by atoms with Gasteiger partial charge in [-0.25, -0.2) is 18.7 Å². The fourth-order valence-corrected chi connectivity index (χ4v) is 3.56. The first-order valence-electron chi connectivity index (χ1n) is 9.29. The number of ether oxygens (including phenoxy) is 1. The van der Waals surface area contributed by atoms with E-state index in [9.17, 15) is 18.8 Å². The predicted molar refractivity (Wildman–Crippen MR) is 118 cm³/mol. The van der Waals surface area contributed by atoms with Gasteiger partial charge in [0.25, 0.3) is 5.91 Å². The van der Waals surface area contributed by atoms with Crippen LogP contribution in [0, 0.1) is 12.7 Å². The zero-order valence-electron chi connectivity index (χ0n) is 16.8. The van der Waals surface area contributed by atoms with Gasteiger partial charge in [-0.05, 0) is 48.7 Å². The Kier molecular flexibility index (Phi) is 7.74. The Labute approximate surface area is 191 Å². The number of aromatic nitrogens is 2. The van der Waals surface area contributed by atoms with Gasteiger partial charge in [-0.1, -0.05) is 17.7 Å². The monoisotopic (exact) mass is 476 g/mol. The third-order valence-electron chi connectivity index (χ3n) is 4.11. The Bertz CT molecular complexity index is 1140. The molecule has 3 rings (SSSR count). The standard InChI is InChI=1S/C21H18ClFN4O4S/c1-13-17(20(22)27(26-13)15-6-4-14(23)5-7-15)8-9-19(29)31-12-18(28)25-21(30)24-11-16-3-2-10-32-16/h2-10H,11-12H2,1H3,(H2,24,25,28,30)/b9-8+. The van der Waals surface area contributed by atoms with Crippen molar-refractivity contribution in [2.45, 2.75) is 13.5 Å². The van der Waals surface area contributed by atoms with E-state index in [-0.39, 0.29) is 17.5 Å². The minimum absolute atomic E-state index is 0.221. The maximum atomic E-state index is 13.1. The molecule has 3 aromatic rings. The van der Waals surface area contributed by atoms with E-state index in [0.29, 0.717) is 16.9 Å². The van der Waals surface area contributed by atoms with Gasteiger partial charge in [0, 0.05) is 16.5 Å². The number of nitrogens with one attached hydrogen (secondary N) is 2. The first kappa shape index (κ1) is 23.2. The summed E-state index contributed by atoms with van der Waals surface area (Å²) in [5.41, 5.74) is 1.55. The number of benzene rings is 1. The highest BCUT2D eigenvalue weighted by Crippen LogP contribution is 2.24. The van der Waals surface area contributed by atoms with E-state index < -0.39 is 24.5 Å². The summed E-state index contributed by atoms with van der Waals surface area (Å²) in [7, 11) is 0. The molecule has 0 bridgehead atoms. The van der Waals surface area contributed by atoms with E-state index in [1.165, 1.54) is 46.4 Å². The molecule has 3 amide bonds. The molecule has 32 heavy (non-hydrogen) atoms. The van der Waals surface area contributed by atoms with Gasteiger partial charge in [0.1, 0.15) is 11.0 Å². The van der Waals surface area contributed by atoms with Crippen molar-refractivity contribution in [1.82, 2.24) is 20.4 Å². The van der Waals surface area contributed by atoms with E-state index in [1.54, 1.807) is 6.92 Å². The molecule has 0 aliphatic rings. The highest BCUT2D eigenvalue weighted by molar-refractivity contribution is 7.09. The zero-order valence-corrected chi connectivity index (χ0v) is 18.4. The molecule has 0 saturated heterocycles. The highest BCUT2D eigenvalue weighted by atomic mass is 35.5. The molecule has 1 aromatic carbocycles. The predicted octanol–water partition coefficient (Wildman–Crippen LogP) is 3.62. The topological polar surface area (TPSA) is 102 Å². The smallest absolute Gasteiger partial charge is 0.331 e. The summed E-state index contributed by atoms with van der Waals surface area (Å²) in [6.07, 6.45) is 2.49. The molecule has 2 heterocycles. The van der Waals surface area contributed by atoms with Gasteiger partial charge in [-0.3, -0.25) is 10.1 Å². The fraction of sp³-hybridized carbons (Fsp3) is 0.143. The third kappa shape index (κ3) is 6.25. The molecule has 0 aliphatic carbocycles. The lowest BCUT2D eigenvalue weighted by molar-refractivity contribution is -0.143. The quantitative estimate of drug-likeness (QED) is 0.400. The number of rotatable bonds is 7. The number of esters is 1. The lowest BCUT2D eigenvalue weighted by atomic mass is 10.2. The van der Waals surface area contributed by atoms with Crippen LogP contribution in [0.2, 0.25) is 5.15 Å². The number of hydrogen-bond acceptors (Lipinski definition) is 6. The molecule has 166 valence electrons. The molecule has 0 spiro atoms. The summed E-state index contributed by atoms with van der Waals surface area (Å²) >= 11 is 7.80. The molecule has 11 heteroatoms. The van der Waals surface area contributed by atoms with Gasteiger partial charge >= 0.3 is 12.0 Å². The first-order chi connectivity index (χ1) is 15.3. The number of carbonyl (C=O) groups is 3. The number of carbonyl (C=O) groups excluding carboxylic acids is 3. The highest BCUT2D eigenvalue weighted by Gasteiger charge is 2.14. The zero-order chi connectivity index (χ0) is 23.1. The fourth-order valence-electron chi connectivity index (χ4n) is 2.58. The molecule has 0 fully saturated rings. The lowest BCUT2D eigenvalue weighted by Gasteiger charge is -2.05. The van der Waals surface area contributed by atoms with Crippen LogP contribution >= 0.6 is 22.9 Å². The van der Waals surface area contributed by atoms with E-state index >= 15 is 0 Å². The second-order valence-electron chi connectivity index (χ2n) is 6.43. The molecule has 0 atom stereocenters. The molecular weight excluding hydrogens is 459 g/mol. The number of aryl methyl sites for hydroxylation is 1. The van der Waals surface area contributed by atoms with Crippen molar-refractivity contribution in [3.8, 4) is 5.69 Å². The first-order valence-corrected chi connectivity index (χ1v) is 10.5. The molecule has 0 unspecified atom stereocenters. The van der Waals surface area contributed by atoms with Crippen LogP contribution in [0.5, 0.6) is 0 Å². The second-order valence-corrected chi connectivity index (χ2v) is 7.82. The molecule has 0 radical (unpaired) electrons. The van der Waals surface area contributed by atoms with Gasteiger partial charge in [0.2, 0.25) is 0 Å². The van der Waals surface area contributed by atoms with Crippen molar-refractivity contribution in [2.24, 2.45) is 0 Å². The third-order valence-corrected chi connectivity index (χ3v) is 5.35. The van der Waals surface area contributed by atoms with Crippen LogP contribution in [0.4, 0.5) is 9.18 Å². The largest absolute Gasteiger partial charge is 0.452 e. The van der Waals surface area contributed by atoms with Crippen molar-refractivity contribution in [3.63, 3.8) is 0 Å². The lowest BCUT2D eigenvalue weighted by Crippen LogP contribution is -2.40. The van der Waals surface area contributed by atoms with Crippen LogP contribution in [0.3, 0.4) is 0 Å². The summed E-state index contributed by atoms with van der Waals surface area (Å²) < 4.78 is 19.4. The Morgan fingerprint density at radius 3 is 2.69 bits per heavy atom. The van der Waals surface area contributed by atoms with Crippen molar-refractivity contribution in [2.75, 3.05) is 6.61 Å². The molecule has 2 N–H and O–H groups in total. The SMILES string of the molecule is Cc1nn(-c2ccc(F)cc2)c(Cl)c1/C=C/C(=O)OCC(=O)NC(=O)NCc1cccs1. The van der Waals surface area contributed by atoms with Crippen molar-refractivity contribution < 1.29 is 23.5 Å². The Hall–Kier alpha value is -3.50. The summed E-state index contributed by atoms with van der Waals surface area (Å²) in [5, 5.41) is 11.0. The molecule has 0 aliphatic heterocycles. The molecule has 8 nitrogen and oxygen atoms in total. The van der Waals surface area contributed by atoms with Crippen molar-refractivity contribution >= 4 is 46.9 Å². The van der Waals surface area contributed by atoms with Gasteiger partial charge in [0.15, 0.2) is 6.61 Å².